The van der Waals surface area contributed by atoms with Crippen molar-refractivity contribution in [1.82, 2.24) is 0 Å². The Morgan fingerprint density at radius 1 is 0.895 bits per heavy atom. The number of rotatable bonds is 2. The fourth-order valence-corrected chi connectivity index (χ4v) is 6.41. The molecule has 5 rings (SSSR count). The lowest BCUT2D eigenvalue weighted by atomic mass is 9.43. The molecule has 0 amide bonds. The van der Waals surface area contributed by atoms with Crippen molar-refractivity contribution in [2.45, 2.75) is 57.9 Å². The number of nitrogens with one attached hydrogen (secondary N) is 1. The Hall–Kier alpha value is -0.980. The Morgan fingerprint density at radius 2 is 1.53 bits per heavy atom. The Morgan fingerprint density at radius 3 is 2.11 bits per heavy atom. The van der Waals surface area contributed by atoms with E-state index in [1.807, 2.05) is 0 Å². The fraction of sp³-hybridized carbons (Fsp3) is 0.667. The minimum atomic E-state index is 0.379. The first kappa shape index (κ1) is 11.8. The van der Waals surface area contributed by atoms with Crippen LogP contribution in [0, 0.1) is 16.7 Å². The number of hydrogen-bond acceptors (Lipinski definition) is 1. The summed E-state index contributed by atoms with van der Waals surface area (Å²) in [6.45, 7) is 5.08. The first-order valence-electron chi connectivity index (χ1n) is 7.82. The van der Waals surface area contributed by atoms with E-state index in [0.29, 0.717) is 16.4 Å². The van der Waals surface area contributed by atoms with Gasteiger partial charge >= 0.3 is 0 Å². The Kier molecular flexibility index (Phi) is 2.21. The van der Waals surface area contributed by atoms with Crippen molar-refractivity contribution in [1.29, 1.82) is 0 Å². The Balaban J connectivity index is 1.67. The lowest BCUT2D eigenvalue weighted by Gasteiger charge is -2.65. The average Bonchev–Trinajstić information content (AvgIpc) is 2.24. The van der Waals surface area contributed by atoms with E-state index >= 15 is 0 Å². The molecule has 19 heavy (non-hydrogen) atoms. The first-order valence-corrected chi connectivity index (χ1v) is 7.82. The van der Waals surface area contributed by atoms with Crippen LogP contribution in [0.2, 0.25) is 0 Å². The molecule has 0 saturated heterocycles. The minimum absolute atomic E-state index is 0.379. The van der Waals surface area contributed by atoms with Crippen LogP contribution in [-0.4, -0.2) is 5.54 Å². The zero-order valence-corrected chi connectivity index (χ0v) is 12.2. The average molecular weight is 255 g/mol. The van der Waals surface area contributed by atoms with Gasteiger partial charge in [0.25, 0.3) is 0 Å². The van der Waals surface area contributed by atoms with Crippen LogP contribution in [0.1, 0.15) is 52.4 Å². The third-order valence-corrected chi connectivity index (χ3v) is 5.81. The van der Waals surface area contributed by atoms with Crippen LogP contribution in [0.3, 0.4) is 0 Å². The molecule has 0 heterocycles. The molecule has 4 fully saturated rings. The molecule has 1 aromatic rings. The lowest BCUT2D eigenvalue weighted by molar-refractivity contribution is -0.0972. The molecule has 1 N–H and O–H groups in total. The van der Waals surface area contributed by atoms with Crippen LogP contribution in [-0.2, 0) is 0 Å². The van der Waals surface area contributed by atoms with E-state index in [1.54, 1.807) is 0 Å². The predicted octanol–water partition coefficient (Wildman–Crippen LogP) is 4.85. The van der Waals surface area contributed by atoms with Gasteiger partial charge in [0.05, 0.1) is 0 Å². The molecule has 4 aliphatic carbocycles. The molecular weight excluding hydrogens is 230 g/mol. The van der Waals surface area contributed by atoms with Crippen LogP contribution >= 0.6 is 0 Å². The molecule has 0 spiro atoms. The lowest BCUT2D eigenvalue weighted by Crippen LogP contribution is -2.61. The normalized spacial score (nSPS) is 47.4. The van der Waals surface area contributed by atoms with Gasteiger partial charge in [-0.15, -0.1) is 0 Å². The Labute approximate surface area is 116 Å². The monoisotopic (exact) mass is 255 g/mol. The standard InChI is InChI=1S/C18H25N/c1-16-8-14-9-17(2,11-16)13-18(10-14,12-16)19-15-6-4-3-5-7-15/h3-7,14,19H,8-13H2,1-2H3. The maximum Gasteiger partial charge on any atom is 0.0386 e. The molecule has 1 heteroatoms. The second-order valence-corrected chi connectivity index (χ2v) is 8.40. The van der Waals surface area contributed by atoms with E-state index in [0.717, 1.165) is 5.92 Å². The number of anilines is 1. The number of benzene rings is 1. The summed E-state index contributed by atoms with van der Waals surface area (Å²) < 4.78 is 0. The zero-order valence-electron chi connectivity index (χ0n) is 12.2. The van der Waals surface area contributed by atoms with Crippen LogP contribution in [0.15, 0.2) is 30.3 Å². The van der Waals surface area contributed by atoms with Crippen LogP contribution < -0.4 is 5.32 Å². The second-order valence-electron chi connectivity index (χ2n) is 8.40. The van der Waals surface area contributed by atoms with Crippen LogP contribution in [0.25, 0.3) is 0 Å². The smallest absolute Gasteiger partial charge is 0.0386 e. The molecule has 0 radical (unpaired) electrons. The molecule has 102 valence electrons. The molecule has 2 atom stereocenters. The summed E-state index contributed by atoms with van der Waals surface area (Å²) in [5.74, 6) is 0.961. The van der Waals surface area contributed by atoms with Gasteiger partial charge in [0.1, 0.15) is 0 Å². The van der Waals surface area contributed by atoms with Crippen molar-refractivity contribution >= 4 is 5.69 Å². The van der Waals surface area contributed by atoms with Crippen molar-refractivity contribution in [2.75, 3.05) is 5.32 Å². The van der Waals surface area contributed by atoms with E-state index in [-0.39, 0.29) is 0 Å². The largest absolute Gasteiger partial charge is 0.380 e. The third kappa shape index (κ3) is 1.89. The van der Waals surface area contributed by atoms with Gasteiger partial charge in [-0.05, 0) is 67.4 Å². The second kappa shape index (κ2) is 3.56. The summed E-state index contributed by atoms with van der Waals surface area (Å²) in [5.41, 5.74) is 2.88. The number of para-hydroxylation sites is 1. The fourth-order valence-electron chi connectivity index (χ4n) is 6.41. The van der Waals surface area contributed by atoms with Gasteiger partial charge in [0.15, 0.2) is 0 Å². The third-order valence-electron chi connectivity index (χ3n) is 5.81. The molecule has 1 aromatic carbocycles. The van der Waals surface area contributed by atoms with E-state index in [1.165, 1.54) is 44.2 Å². The van der Waals surface area contributed by atoms with Gasteiger partial charge in [0.2, 0.25) is 0 Å². The summed E-state index contributed by atoms with van der Waals surface area (Å²) in [5, 5.41) is 3.94. The van der Waals surface area contributed by atoms with E-state index in [4.69, 9.17) is 0 Å². The van der Waals surface area contributed by atoms with Gasteiger partial charge in [-0.3, -0.25) is 0 Å². The van der Waals surface area contributed by atoms with Crippen LogP contribution in [0.5, 0.6) is 0 Å². The maximum absolute atomic E-state index is 3.94. The first-order chi connectivity index (χ1) is 8.99. The van der Waals surface area contributed by atoms with Gasteiger partial charge in [-0.25, -0.2) is 0 Å². The molecular formula is C18H25N. The summed E-state index contributed by atoms with van der Waals surface area (Å²) in [4.78, 5) is 0. The summed E-state index contributed by atoms with van der Waals surface area (Å²) in [6.07, 6.45) is 8.55. The topological polar surface area (TPSA) is 12.0 Å². The predicted molar refractivity (Wildman–Crippen MR) is 80.2 cm³/mol. The number of hydrogen-bond donors (Lipinski definition) is 1. The van der Waals surface area contributed by atoms with Gasteiger partial charge in [-0.1, -0.05) is 32.0 Å². The molecule has 1 nitrogen and oxygen atoms in total. The molecule has 4 bridgehead atoms. The summed E-state index contributed by atoms with van der Waals surface area (Å²) in [7, 11) is 0. The maximum atomic E-state index is 3.94. The van der Waals surface area contributed by atoms with Crippen molar-refractivity contribution in [3.8, 4) is 0 Å². The summed E-state index contributed by atoms with van der Waals surface area (Å²) in [6, 6.07) is 10.8. The zero-order chi connectivity index (χ0) is 13.1. The van der Waals surface area contributed by atoms with Crippen molar-refractivity contribution in [3.63, 3.8) is 0 Å². The van der Waals surface area contributed by atoms with Crippen molar-refractivity contribution in [3.05, 3.63) is 30.3 Å². The molecule has 4 aliphatic rings. The van der Waals surface area contributed by atoms with E-state index in [9.17, 15) is 0 Å². The quantitative estimate of drug-likeness (QED) is 0.796. The van der Waals surface area contributed by atoms with E-state index < -0.39 is 0 Å². The Bertz CT molecular complexity index is 474. The highest BCUT2D eigenvalue weighted by Gasteiger charge is 2.60. The highest BCUT2D eigenvalue weighted by molar-refractivity contribution is 5.46. The van der Waals surface area contributed by atoms with Gasteiger partial charge < -0.3 is 5.32 Å². The summed E-state index contributed by atoms with van der Waals surface area (Å²) >= 11 is 0. The van der Waals surface area contributed by atoms with Crippen molar-refractivity contribution in [2.24, 2.45) is 16.7 Å². The van der Waals surface area contributed by atoms with Crippen LogP contribution in [0.4, 0.5) is 5.69 Å². The van der Waals surface area contributed by atoms with E-state index in [2.05, 4.69) is 49.5 Å². The van der Waals surface area contributed by atoms with Gasteiger partial charge in [0, 0.05) is 11.2 Å². The molecule has 2 unspecified atom stereocenters. The molecule has 0 aromatic heterocycles. The minimum Gasteiger partial charge on any atom is -0.380 e. The SMILES string of the molecule is CC12CC3CC(C)(C1)CC(Nc1ccccc1)(C3)C2. The highest BCUT2D eigenvalue weighted by Crippen LogP contribution is 2.66. The molecule has 0 aliphatic heterocycles. The van der Waals surface area contributed by atoms with Gasteiger partial charge in [-0.2, -0.15) is 0 Å². The molecule has 4 saturated carbocycles. The highest BCUT2D eigenvalue weighted by atomic mass is 15.0. The van der Waals surface area contributed by atoms with Crippen molar-refractivity contribution < 1.29 is 0 Å².